The van der Waals surface area contributed by atoms with Crippen LogP contribution in [0.25, 0.3) is 0 Å². The third kappa shape index (κ3) is 4.33. The fraction of sp³-hybridized carbons (Fsp3) is 0.235. The number of aromatic carboxylic acids is 1. The second-order valence-corrected chi connectivity index (χ2v) is 8.69. The fourth-order valence-electron chi connectivity index (χ4n) is 2.75. The van der Waals surface area contributed by atoms with Crippen molar-refractivity contribution in [3.63, 3.8) is 0 Å². The van der Waals surface area contributed by atoms with Crippen molar-refractivity contribution in [1.82, 2.24) is 0 Å². The Bertz CT molecular complexity index is 977. The molecule has 0 saturated carbocycles. The normalized spacial score (nSPS) is 14.8. The summed E-state index contributed by atoms with van der Waals surface area (Å²) in [5.41, 5.74) is 0.423. The van der Waals surface area contributed by atoms with Gasteiger partial charge in [-0.15, -0.1) is 0 Å². The van der Waals surface area contributed by atoms with E-state index in [0.717, 1.165) is 23.6 Å². The first-order valence-corrected chi connectivity index (χ1v) is 10.6. The summed E-state index contributed by atoms with van der Waals surface area (Å²) in [7, 11) is -4.34. The van der Waals surface area contributed by atoms with Crippen LogP contribution in [-0.4, -0.2) is 44.1 Å². The molecule has 0 spiro atoms. The number of halogens is 2. The summed E-state index contributed by atoms with van der Waals surface area (Å²) in [6.07, 6.45) is 0. The summed E-state index contributed by atoms with van der Waals surface area (Å²) < 4.78 is 53.7. The van der Waals surface area contributed by atoms with E-state index in [0.29, 0.717) is 24.8 Å². The van der Waals surface area contributed by atoms with Gasteiger partial charge >= 0.3 is 5.97 Å². The highest BCUT2D eigenvalue weighted by atomic mass is 32.2. The molecule has 0 aliphatic carbocycles. The summed E-state index contributed by atoms with van der Waals surface area (Å²) in [6, 6.07) is 6.25. The second kappa shape index (κ2) is 7.73. The number of carboxylic acid groups (broad SMARTS) is 1. The van der Waals surface area contributed by atoms with Crippen LogP contribution in [0.4, 0.5) is 20.2 Å². The molecule has 1 aliphatic rings. The van der Waals surface area contributed by atoms with E-state index in [1.54, 1.807) is 11.8 Å². The lowest BCUT2D eigenvalue weighted by atomic mass is 10.1. The van der Waals surface area contributed by atoms with Crippen molar-refractivity contribution in [3.8, 4) is 0 Å². The molecule has 1 aliphatic heterocycles. The molecule has 0 atom stereocenters. The number of sulfonamides is 1. The number of thioether (sulfide) groups is 1. The van der Waals surface area contributed by atoms with Crippen LogP contribution in [0, 0.1) is 11.6 Å². The fourth-order valence-corrected chi connectivity index (χ4v) is 4.77. The lowest BCUT2D eigenvalue weighted by Gasteiger charge is -2.29. The molecule has 0 aromatic heterocycles. The highest BCUT2D eigenvalue weighted by Crippen LogP contribution is 2.28. The molecular formula is C17H16F2N2O4S2. The SMILES string of the molecule is O=C(O)c1cc(NS(=O)(=O)c2ccc(F)cc2F)ccc1N1CCSCC1. The molecule has 3 rings (SSSR count). The standard InChI is InChI=1S/C17H16F2N2O4S2/c18-11-1-4-16(14(19)9-11)27(24,25)20-12-2-3-15(13(10-12)17(22)23)21-5-7-26-8-6-21/h1-4,9-10,20H,5-8H2,(H,22,23). The Balaban J connectivity index is 1.93. The molecular weight excluding hydrogens is 398 g/mol. The Morgan fingerprint density at radius 1 is 1.11 bits per heavy atom. The minimum absolute atomic E-state index is 0.0220. The Morgan fingerprint density at radius 2 is 1.81 bits per heavy atom. The zero-order valence-electron chi connectivity index (χ0n) is 14.0. The molecule has 6 nitrogen and oxygen atoms in total. The van der Waals surface area contributed by atoms with Crippen molar-refractivity contribution in [2.45, 2.75) is 4.90 Å². The van der Waals surface area contributed by atoms with Crippen molar-refractivity contribution in [2.24, 2.45) is 0 Å². The molecule has 1 saturated heterocycles. The van der Waals surface area contributed by atoms with Crippen LogP contribution in [0.1, 0.15) is 10.4 Å². The average Bonchev–Trinajstić information content (AvgIpc) is 2.61. The minimum atomic E-state index is -4.34. The van der Waals surface area contributed by atoms with Crippen LogP contribution in [0.15, 0.2) is 41.3 Å². The van der Waals surface area contributed by atoms with E-state index in [2.05, 4.69) is 4.72 Å². The van der Waals surface area contributed by atoms with Crippen LogP contribution >= 0.6 is 11.8 Å². The lowest BCUT2D eigenvalue weighted by molar-refractivity contribution is 0.0697. The first-order chi connectivity index (χ1) is 12.8. The molecule has 10 heteroatoms. The number of nitrogens with zero attached hydrogens (tertiary/aromatic N) is 1. The maximum Gasteiger partial charge on any atom is 0.337 e. The van der Waals surface area contributed by atoms with Gasteiger partial charge in [-0.2, -0.15) is 11.8 Å². The van der Waals surface area contributed by atoms with E-state index in [9.17, 15) is 27.1 Å². The first kappa shape index (κ1) is 19.4. The summed E-state index contributed by atoms with van der Waals surface area (Å²) in [5, 5.41) is 9.50. The summed E-state index contributed by atoms with van der Waals surface area (Å²) in [6.45, 7) is 1.38. The van der Waals surface area contributed by atoms with Crippen LogP contribution in [-0.2, 0) is 10.0 Å². The van der Waals surface area contributed by atoms with Crippen LogP contribution in [0.5, 0.6) is 0 Å². The van der Waals surface area contributed by atoms with Crippen LogP contribution < -0.4 is 9.62 Å². The number of hydrogen-bond acceptors (Lipinski definition) is 5. The molecule has 27 heavy (non-hydrogen) atoms. The third-order valence-corrected chi connectivity index (χ3v) is 6.37. The molecule has 2 aromatic rings. The lowest BCUT2D eigenvalue weighted by Crippen LogP contribution is -2.33. The minimum Gasteiger partial charge on any atom is -0.478 e. The zero-order chi connectivity index (χ0) is 19.6. The van der Waals surface area contributed by atoms with E-state index in [4.69, 9.17) is 0 Å². The first-order valence-electron chi connectivity index (χ1n) is 7.96. The molecule has 0 bridgehead atoms. The molecule has 2 aromatic carbocycles. The van der Waals surface area contributed by atoms with Crippen LogP contribution in [0.2, 0.25) is 0 Å². The van der Waals surface area contributed by atoms with Gasteiger partial charge in [-0.25, -0.2) is 22.0 Å². The van der Waals surface area contributed by atoms with Gasteiger partial charge < -0.3 is 10.0 Å². The predicted molar refractivity (Wildman–Crippen MR) is 100 cm³/mol. The molecule has 1 fully saturated rings. The Hall–Kier alpha value is -2.33. The summed E-state index contributed by atoms with van der Waals surface area (Å²) >= 11 is 1.78. The van der Waals surface area contributed by atoms with Gasteiger partial charge in [0.05, 0.1) is 11.3 Å². The van der Waals surface area contributed by atoms with E-state index >= 15 is 0 Å². The monoisotopic (exact) mass is 414 g/mol. The predicted octanol–water partition coefficient (Wildman–Crippen LogP) is 3.02. The second-order valence-electron chi connectivity index (χ2n) is 5.82. The van der Waals surface area contributed by atoms with Gasteiger partial charge in [0.2, 0.25) is 0 Å². The maximum absolute atomic E-state index is 13.8. The van der Waals surface area contributed by atoms with E-state index in [-0.39, 0.29) is 11.3 Å². The largest absolute Gasteiger partial charge is 0.478 e. The Labute approximate surface area is 159 Å². The molecule has 0 radical (unpaired) electrons. The van der Waals surface area contributed by atoms with Crippen LogP contribution in [0.3, 0.4) is 0 Å². The van der Waals surface area contributed by atoms with E-state index in [1.807, 2.05) is 4.90 Å². The molecule has 1 heterocycles. The van der Waals surface area contributed by atoms with Gasteiger partial charge in [0.25, 0.3) is 10.0 Å². The highest BCUT2D eigenvalue weighted by Gasteiger charge is 2.23. The molecule has 2 N–H and O–H groups in total. The average molecular weight is 414 g/mol. The summed E-state index contributed by atoms with van der Waals surface area (Å²) in [4.78, 5) is 12.8. The van der Waals surface area contributed by atoms with Crippen molar-refractivity contribution in [2.75, 3.05) is 34.2 Å². The molecule has 0 unspecified atom stereocenters. The molecule has 0 amide bonds. The Morgan fingerprint density at radius 3 is 2.44 bits per heavy atom. The van der Waals surface area contributed by atoms with Gasteiger partial charge in [0, 0.05) is 36.3 Å². The highest BCUT2D eigenvalue weighted by molar-refractivity contribution is 7.99. The topological polar surface area (TPSA) is 86.7 Å². The van der Waals surface area contributed by atoms with Gasteiger partial charge in [-0.05, 0) is 30.3 Å². The molecule has 144 valence electrons. The number of anilines is 2. The van der Waals surface area contributed by atoms with Crippen molar-refractivity contribution in [3.05, 3.63) is 53.6 Å². The third-order valence-electron chi connectivity index (χ3n) is 4.01. The zero-order valence-corrected chi connectivity index (χ0v) is 15.6. The summed E-state index contributed by atoms with van der Waals surface area (Å²) in [5.74, 6) is -1.58. The van der Waals surface area contributed by atoms with Gasteiger partial charge in [-0.3, -0.25) is 4.72 Å². The van der Waals surface area contributed by atoms with Crippen molar-refractivity contribution >= 4 is 39.1 Å². The van der Waals surface area contributed by atoms with E-state index in [1.165, 1.54) is 18.2 Å². The number of rotatable bonds is 5. The Kier molecular flexibility index (Phi) is 5.56. The number of carbonyl (C=O) groups is 1. The van der Waals surface area contributed by atoms with Gasteiger partial charge in [0.1, 0.15) is 16.5 Å². The smallest absolute Gasteiger partial charge is 0.337 e. The number of benzene rings is 2. The van der Waals surface area contributed by atoms with E-state index < -0.39 is 32.5 Å². The maximum atomic E-state index is 13.8. The van der Waals surface area contributed by atoms with Crippen molar-refractivity contribution < 1.29 is 27.1 Å². The number of nitrogens with one attached hydrogen (secondary N) is 1. The quantitative estimate of drug-likeness (QED) is 0.782. The van der Waals surface area contributed by atoms with Gasteiger partial charge in [0.15, 0.2) is 0 Å². The number of carboxylic acids is 1. The number of hydrogen-bond donors (Lipinski definition) is 2. The van der Waals surface area contributed by atoms with Crippen molar-refractivity contribution in [1.29, 1.82) is 0 Å². The van der Waals surface area contributed by atoms with Gasteiger partial charge in [-0.1, -0.05) is 0 Å².